The molecular formula is C10H21N3O3. The number of aliphatic hydroxyl groups is 1. The van der Waals surface area contributed by atoms with Crippen LogP contribution in [0.15, 0.2) is 0 Å². The van der Waals surface area contributed by atoms with Crippen LogP contribution in [0.4, 0.5) is 0 Å². The summed E-state index contributed by atoms with van der Waals surface area (Å²) in [6.45, 7) is 2.57. The minimum absolute atomic E-state index is 0.140. The van der Waals surface area contributed by atoms with Crippen molar-refractivity contribution in [3.63, 3.8) is 0 Å². The van der Waals surface area contributed by atoms with Crippen molar-refractivity contribution in [2.45, 2.75) is 32.2 Å². The molecule has 0 rings (SSSR count). The number of aliphatic hydroxyl groups excluding tert-OH is 1. The lowest BCUT2D eigenvalue weighted by Gasteiger charge is -2.11. The van der Waals surface area contributed by atoms with Crippen molar-refractivity contribution in [1.82, 2.24) is 5.32 Å². The Morgan fingerprint density at radius 3 is 2.56 bits per heavy atom. The quantitative estimate of drug-likeness (QED) is 0.389. The maximum absolute atomic E-state index is 11.3. The molecule has 16 heavy (non-hydrogen) atoms. The van der Waals surface area contributed by atoms with E-state index < -0.39 is 11.9 Å². The zero-order valence-corrected chi connectivity index (χ0v) is 9.61. The number of carbonyl (C=O) groups is 2. The van der Waals surface area contributed by atoms with Crippen molar-refractivity contribution in [2.75, 3.05) is 13.2 Å². The van der Waals surface area contributed by atoms with Gasteiger partial charge in [-0.15, -0.1) is 0 Å². The van der Waals surface area contributed by atoms with Crippen molar-refractivity contribution in [1.29, 1.82) is 0 Å². The van der Waals surface area contributed by atoms with Crippen LogP contribution in [0.2, 0.25) is 0 Å². The number of amides is 2. The van der Waals surface area contributed by atoms with Crippen LogP contribution in [0, 0.1) is 5.92 Å². The molecule has 0 aromatic heterocycles. The van der Waals surface area contributed by atoms with Gasteiger partial charge in [0.15, 0.2) is 0 Å². The Hall–Kier alpha value is -1.14. The van der Waals surface area contributed by atoms with E-state index in [1.807, 2.05) is 6.92 Å². The summed E-state index contributed by atoms with van der Waals surface area (Å²) in [7, 11) is 0. The molecule has 6 heteroatoms. The second-order valence-electron chi connectivity index (χ2n) is 4.00. The molecule has 0 fully saturated rings. The molecule has 0 aliphatic heterocycles. The van der Waals surface area contributed by atoms with Crippen molar-refractivity contribution >= 4 is 11.8 Å². The van der Waals surface area contributed by atoms with Crippen molar-refractivity contribution in [3.8, 4) is 0 Å². The third-order valence-corrected chi connectivity index (χ3v) is 2.24. The number of hydrogen-bond acceptors (Lipinski definition) is 4. The van der Waals surface area contributed by atoms with E-state index in [2.05, 4.69) is 5.32 Å². The van der Waals surface area contributed by atoms with Crippen LogP contribution in [-0.4, -0.2) is 36.1 Å². The molecule has 6 nitrogen and oxygen atoms in total. The van der Waals surface area contributed by atoms with Crippen molar-refractivity contribution in [2.24, 2.45) is 17.4 Å². The largest absolute Gasteiger partial charge is 0.396 e. The number of primary amides is 1. The van der Waals surface area contributed by atoms with E-state index in [1.165, 1.54) is 0 Å². The smallest absolute Gasteiger partial charge is 0.237 e. The Morgan fingerprint density at radius 1 is 1.44 bits per heavy atom. The van der Waals surface area contributed by atoms with Gasteiger partial charge in [0.2, 0.25) is 11.8 Å². The van der Waals surface area contributed by atoms with Crippen molar-refractivity contribution in [3.05, 3.63) is 0 Å². The fourth-order valence-electron chi connectivity index (χ4n) is 1.19. The van der Waals surface area contributed by atoms with Crippen LogP contribution in [0.3, 0.4) is 0 Å². The van der Waals surface area contributed by atoms with Crippen LogP contribution in [0.5, 0.6) is 0 Å². The lowest BCUT2D eigenvalue weighted by molar-refractivity contribution is -0.126. The minimum atomic E-state index is -0.868. The molecule has 0 aliphatic rings. The minimum Gasteiger partial charge on any atom is -0.396 e. The van der Waals surface area contributed by atoms with Crippen LogP contribution < -0.4 is 16.8 Å². The van der Waals surface area contributed by atoms with Gasteiger partial charge in [-0.05, 0) is 18.8 Å². The van der Waals surface area contributed by atoms with Gasteiger partial charge in [0.05, 0.1) is 12.5 Å². The van der Waals surface area contributed by atoms with Crippen LogP contribution in [0.1, 0.15) is 26.2 Å². The van der Waals surface area contributed by atoms with E-state index in [9.17, 15) is 9.59 Å². The standard InChI is InChI=1S/C10H21N3O3/c1-7(6-14)3-2-4-13-10(16)8(11)5-9(12)15/h7-8,14H,2-6,11H2,1H3,(H2,12,15)(H,13,16). The number of nitrogens with one attached hydrogen (secondary N) is 1. The average molecular weight is 231 g/mol. The topological polar surface area (TPSA) is 118 Å². The van der Waals surface area contributed by atoms with Crippen LogP contribution in [-0.2, 0) is 9.59 Å². The molecule has 94 valence electrons. The Balaban J connectivity index is 3.61. The van der Waals surface area contributed by atoms with Gasteiger partial charge in [-0.3, -0.25) is 9.59 Å². The Bertz CT molecular complexity index is 233. The third-order valence-electron chi connectivity index (χ3n) is 2.24. The molecule has 0 radical (unpaired) electrons. The summed E-state index contributed by atoms with van der Waals surface area (Å²) in [6.07, 6.45) is 1.47. The van der Waals surface area contributed by atoms with Crippen LogP contribution in [0.25, 0.3) is 0 Å². The zero-order valence-electron chi connectivity index (χ0n) is 9.61. The number of rotatable bonds is 8. The lowest BCUT2D eigenvalue weighted by atomic mass is 10.1. The average Bonchev–Trinajstić information content (AvgIpc) is 2.22. The summed E-state index contributed by atoms with van der Waals surface area (Å²) in [4.78, 5) is 21.8. The number of nitrogens with two attached hydrogens (primary N) is 2. The summed E-state index contributed by atoms with van der Waals surface area (Å²) in [5.41, 5.74) is 10.4. The highest BCUT2D eigenvalue weighted by Crippen LogP contribution is 2.02. The van der Waals surface area contributed by atoms with Gasteiger partial charge in [-0.25, -0.2) is 0 Å². The van der Waals surface area contributed by atoms with E-state index in [4.69, 9.17) is 16.6 Å². The fourth-order valence-corrected chi connectivity index (χ4v) is 1.19. The Morgan fingerprint density at radius 2 is 2.06 bits per heavy atom. The zero-order chi connectivity index (χ0) is 12.6. The second kappa shape index (κ2) is 8.06. The van der Waals surface area contributed by atoms with E-state index in [0.29, 0.717) is 6.54 Å². The lowest BCUT2D eigenvalue weighted by Crippen LogP contribution is -2.43. The van der Waals surface area contributed by atoms with Gasteiger partial charge in [0, 0.05) is 13.2 Å². The van der Waals surface area contributed by atoms with Crippen molar-refractivity contribution < 1.29 is 14.7 Å². The first kappa shape index (κ1) is 14.9. The molecule has 2 atom stereocenters. The predicted molar refractivity (Wildman–Crippen MR) is 60.3 cm³/mol. The molecule has 2 amide bonds. The highest BCUT2D eigenvalue weighted by atomic mass is 16.3. The number of carbonyl (C=O) groups excluding carboxylic acids is 2. The monoisotopic (exact) mass is 231 g/mol. The molecule has 0 aromatic rings. The second-order valence-corrected chi connectivity index (χ2v) is 4.00. The maximum atomic E-state index is 11.3. The van der Waals surface area contributed by atoms with Crippen LogP contribution >= 0.6 is 0 Å². The van der Waals surface area contributed by atoms with Gasteiger partial charge >= 0.3 is 0 Å². The van der Waals surface area contributed by atoms with Gasteiger partial charge in [0.25, 0.3) is 0 Å². The molecule has 0 spiro atoms. The molecular weight excluding hydrogens is 210 g/mol. The Kier molecular flexibility index (Phi) is 7.49. The molecule has 0 aromatic carbocycles. The predicted octanol–water partition coefficient (Wildman–Crippen LogP) is -1.29. The first-order valence-electron chi connectivity index (χ1n) is 5.39. The molecule has 2 unspecified atom stereocenters. The third kappa shape index (κ3) is 7.19. The summed E-state index contributed by atoms with van der Waals surface area (Å²) in [6, 6.07) is -0.868. The first-order valence-corrected chi connectivity index (χ1v) is 5.39. The van der Waals surface area contributed by atoms with Gasteiger partial charge < -0.3 is 21.9 Å². The fraction of sp³-hybridized carbons (Fsp3) is 0.800. The molecule has 0 saturated heterocycles. The van der Waals surface area contributed by atoms with E-state index in [-0.39, 0.29) is 24.9 Å². The molecule has 6 N–H and O–H groups in total. The summed E-state index contributed by atoms with van der Waals surface area (Å²) in [5.74, 6) is -0.719. The normalized spacial score (nSPS) is 14.2. The molecule has 0 saturated carbocycles. The summed E-state index contributed by atoms with van der Waals surface area (Å²) >= 11 is 0. The highest BCUT2D eigenvalue weighted by Gasteiger charge is 2.14. The Labute approximate surface area is 95.4 Å². The highest BCUT2D eigenvalue weighted by molar-refractivity contribution is 5.87. The maximum Gasteiger partial charge on any atom is 0.237 e. The number of hydrogen-bond donors (Lipinski definition) is 4. The van der Waals surface area contributed by atoms with Gasteiger partial charge in [-0.1, -0.05) is 6.92 Å². The van der Waals surface area contributed by atoms with Gasteiger partial charge in [0.1, 0.15) is 0 Å². The van der Waals surface area contributed by atoms with Gasteiger partial charge in [-0.2, -0.15) is 0 Å². The summed E-state index contributed by atoms with van der Waals surface area (Å²) in [5, 5.41) is 11.4. The SMILES string of the molecule is CC(CO)CCCNC(=O)C(N)CC(N)=O. The molecule has 0 aliphatic carbocycles. The summed E-state index contributed by atoms with van der Waals surface area (Å²) < 4.78 is 0. The van der Waals surface area contributed by atoms with E-state index >= 15 is 0 Å². The molecule has 0 bridgehead atoms. The van der Waals surface area contributed by atoms with E-state index in [0.717, 1.165) is 12.8 Å². The first-order chi connectivity index (χ1) is 7.47. The van der Waals surface area contributed by atoms with E-state index in [1.54, 1.807) is 0 Å². The molecule has 0 heterocycles.